The average Bonchev–Trinajstić information content (AvgIpc) is 3.05. The van der Waals surface area contributed by atoms with Crippen LogP contribution in [0.2, 0.25) is 0 Å². The van der Waals surface area contributed by atoms with Gasteiger partial charge in [-0.15, -0.1) is 10.2 Å². The van der Waals surface area contributed by atoms with Gasteiger partial charge in [0.25, 0.3) is 0 Å². The molecule has 9 heteroatoms. The summed E-state index contributed by atoms with van der Waals surface area (Å²) < 4.78 is 1.39. The first-order chi connectivity index (χ1) is 12.0. The highest BCUT2D eigenvalue weighted by atomic mass is 32.2. The number of benzene rings is 1. The molecule has 0 saturated heterocycles. The van der Waals surface area contributed by atoms with Gasteiger partial charge in [0, 0.05) is 6.04 Å². The molecule has 2 rings (SSSR count). The Morgan fingerprint density at radius 2 is 1.80 bits per heavy atom. The van der Waals surface area contributed by atoms with Crippen LogP contribution in [0.3, 0.4) is 0 Å². The van der Waals surface area contributed by atoms with Gasteiger partial charge in [0.1, 0.15) is 0 Å². The van der Waals surface area contributed by atoms with E-state index >= 15 is 0 Å². The fourth-order valence-corrected chi connectivity index (χ4v) is 4.56. The Morgan fingerprint density at radius 1 is 1.16 bits per heavy atom. The van der Waals surface area contributed by atoms with Gasteiger partial charge >= 0.3 is 0 Å². The van der Waals surface area contributed by atoms with Crippen molar-refractivity contribution in [1.82, 2.24) is 15.5 Å². The zero-order valence-corrected chi connectivity index (χ0v) is 16.3. The third-order valence-electron chi connectivity index (χ3n) is 3.17. The van der Waals surface area contributed by atoms with Gasteiger partial charge in [-0.3, -0.25) is 9.59 Å². The average molecular weight is 397 g/mol. The Labute approximate surface area is 159 Å². The minimum atomic E-state index is -0.390. The van der Waals surface area contributed by atoms with E-state index in [-0.39, 0.29) is 17.7 Å². The Kier molecular flexibility index (Phi) is 8.23. The Bertz CT molecular complexity index is 694. The van der Waals surface area contributed by atoms with E-state index in [1.807, 2.05) is 25.1 Å². The van der Waals surface area contributed by atoms with E-state index < -0.39 is 5.91 Å². The molecule has 3 N–H and O–H groups in total. The second kappa shape index (κ2) is 10.4. The predicted octanol–water partition coefficient (Wildman–Crippen LogP) is 2.35. The van der Waals surface area contributed by atoms with Crippen molar-refractivity contribution in [2.24, 2.45) is 5.73 Å². The molecule has 1 atom stereocenters. The van der Waals surface area contributed by atoms with E-state index in [0.29, 0.717) is 14.4 Å². The molecule has 0 unspecified atom stereocenters. The molecule has 0 spiro atoms. The Morgan fingerprint density at radius 3 is 2.44 bits per heavy atom. The second-order valence-electron chi connectivity index (χ2n) is 5.37. The number of primary amides is 1. The lowest BCUT2D eigenvalue weighted by atomic mass is 10.1. The highest BCUT2D eigenvalue weighted by Gasteiger charge is 2.11. The largest absolute Gasteiger partial charge is 0.369 e. The summed E-state index contributed by atoms with van der Waals surface area (Å²) in [5, 5.41) is 11.0. The van der Waals surface area contributed by atoms with Crippen molar-refractivity contribution < 1.29 is 9.59 Å². The summed E-state index contributed by atoms with van der Waals surface area (Å²) in [6, 6.07) is 10.3. The monoisotopic (exact) mass is 396 g/mol. The van der Waals surface area contributed by atoms with Crippen molar-refractivity contribution in [3.05, 3.63) is 35.9 Å². The van der Waals surface area contributed by atoms with Crippen LogP contribution in [0, 0.1) is 0 Å². The van der Waals surface area contributed by atoms with Crippen molar-refractivity contribution >= 4 is 46.7 Å². The summed E-state index contributed by atoms with van der Waals surface area (Å²) in [7, 11) is 0. The lowest BCUT2D eigenvalue weighted by Crippen LogP contribution is -2.34. The maximum absolute atomic E-state index is 12.0. The fourth-order valence-electron chi connectivity index (χ4n) is 1.99. The normalized spacial score (nSPS) is 11.9. The van der Waals surface area contributed by atoms with Crippen molar-refractivity contribution in [3.8, 4) is 0 Å². The van der Waals surface area contributed by atoms with Crippen LogP contribution < -0.4 is 11.1 Å². The van der Waals surface area contributed by atoms with Gasteiger partial charge < -0.3 is 11.1 Å². The van der Waals surface area contributed by atoms with E-state index in [4.69, 9.17) is 5.73 Å². The van der Waals surface area contributed by atoms with Crippen LogP contribution in [0.1, 0.15) is 18.9 Å². The Hall–Kier alpha value is -1.58. The summed E-state index contributed by atoms with van der Waals surface area (Å²) in [5.74, 6) is 0.0640. The van der Waals surface area contributed by atoms with Gasteiger partial charge in [-0.05, 0) is 25.3 Å². The highest BCUT2D eigenvalue weighted by Crippen LogP contribution is 2.28. The molecule has 2 aromatic rings. The maximum Gasteiger partial charge on any atom is 0.230 e. The van der Waals surface area contributed by atoms with Crippen molar-refractivity contribution in [1.29, 1.82) is 0 Å². The zero-order valence-electron chi connectivity index (χ0n) is 13.8. The lowest BCUT2D eigenvalue weighted by Gasteiger charge is -2.13. The molecule has 0 saturated carbocycles. The van der Waals surface area contributed by atoms with E-state index in [1.165, 1.54) is 40.4 Å². The molecule has 0 radical (unpaired) electrons. The summed E-state index contributed by atoms with van der Waals surface area (Å²) >= 11 is 3.96. The number of nitrogens with two attached hydrogens (primary N) is 1. The van der Waals surface area contributed by atoms with Gasteiger partial charge in [0.2, 0.25) is 11.8 Å². The summed E-state index contributed by atoms with van der Waals surface area (Å²) in [4.78, 5) is 22.8. The molecule has 134 valence electrons. The number of hydrogen-bond donors (Lipinski definition) is 2. The molecule has 1 heterocycles. The summed E-state index contributed by atoms with van der Waals surface area (Å²) in [5.41, 5.74) is 6.36. The van der Waals surface area contributed by atoms with Crippen LogP contribution in [0.15, 0.2) is 39.0 Å². The van der Waals surface area contributed by atoms with Crippen LogP contribution in [0.25, 0.3) is 0 Å². The van der Waals surface area contributed by atoms with Gasteiger partial charge in [0.15, 0.2) is 8.68 Å². The number of nitrogens with one attached hydrogen (secondary N) is 1. The van der Waals surface area contributed by atoms with Crippen molar-refractivity contribution in [2.75, 3.05) is 11.5 Å². The number of carbonyl (C=O) groups excluding carboxylic acids is 2. The first-order valence-corrected chi connectivity index (χ1v) is 10.5. The van der Waals surface area contributed by atoms with Crippen LogP contribution in [-0.4, -0.2) is 39.6 Å². The minimum Gasteiger partial charge on any atom is -0.369 e. The number of nitrogens with zero attached hydrogens (tertiary/aromatic N) is 2. The van der Waals surface area contributed by atoms with E-state index in [2.05, 4.69) is 27.6 Å². The molecule has 0 aliphatic carbocycles. The third kappa shape index (κ3) is 7.89. The molecule has 0 bridgehead atoms. The molecule has 0 fully saturated rings. The van der Waals surface area contributed by atoms with E-state index in [1.54, 1.807) is 0 Å². The third-order valence-corrected chi connectivity index (χ3v) is 6.38. The van der Waals surface area contributed by atoms with E-state index in [0.717, 1.165) is 12.8 Å². The number of hydrogen-bond acceptors (Lipinski definition) is 7. The first kappa shape index (κ1) is 19.7. The highest BCUT2D eigenvalue weighted by molar-refractivity contribution is 8.03. The summed E-state index contributed by atoms with van der Waals surface area (Å²) in [6.07, 6.45) is 1.83. The van der Waals surface area contributed by atoms with Crippen molar-refractivity contribution in [2.45, 2.75) is 34.5 Å². The number of aryl methyl sites for hydroxylation is 1. The van der Waals surface area contributed by atoms with Crippen molar-refractivity contribution in [3.63, 3.8) is 0 Å². The van der Waals surface area contributed by atoms with Crippen LogP contribution >= 0.6 is 34.9 Å². The quantitative estimate of drug-likeness (QED) is 0.598. The number of amides is 2. The van der Waals surface area contributed by atoms with Crippen LogP contribution in [-0.2, 0) is 16.0 Å². The number of rotatable bonds is 10. The zero-order chi connectivity index (χ0) is 18.1. The van der Waals surface area contributed by atoms with Gasteiger partial charge in [0.05, 0.1) is 11.5 Å². The molecule has 2 amide bonds. The molecular weight excluding hydrogens is 376 g/mol. The molecular formula is C16H20N4O2S3. The molecule has 1 aromatic heterocycles. The Balaban J connectivity index is 1.67. The lowest BCUT2D eigenvalue weighted by molar-refractivity contribution is -0.119. The summed E-state index contributed by atoms with van der Waals surface area (Å²) in [6.45, 7) is 2.01. The predicted molar refractivity (Wildman–Crippen MR) is 103 cm³/mol. The van der Waals surface area contributed by atoms with Gasteiger partial charge in [-0.1, -0.05) is 65.2 Å². The standard InChI is InChI=1S/C16H20N4O2S3/c1-11(7-8-12-5-3-2-4-6-12)18-14(22)10-24-16-20-19-15(25-16)23-9-13(17)21/h2-6,11H,7-10H2,1H3,(H2,17,21)(H,18,22)/t11-/m0/s1. The first-order valence-electron chi connectivity index (χ1n) is 7.73. The minimum absolute atomic E-state index is 0.0212. The molecule has 0 aliphatic heterocycles. The maximum atomic E-state index is 12.0. The number of thioether (sulfide) groups is 2. The molecule has 0 aliphatic rings. The molecule has 25 heavy (non-hydrogen) atoms. The van der Waals surface area contributed by atoms with Gasteiger partial charge in [-0.2, -0.15) is 0 Å². The number of carbonyl (C=O) groups is 2. The number of aromatic nitrogens is 2. The topological polar surface area (TPSA) is 98.0 Å². The van der Waals surface area contributed by atoms with Crippen LogP contribution in [0.4, 0.5) is 0 Å². The second-order valence-corrected chi connectivity index (χ2v) is 8.79. The van der Waals surface area contributed by atoms with Gasteiger partial charge in [-0.25, -0.2) is 0 Å². The fraction of sp³-hybridized carbons (Fsp3) is 0.375. The molecule has 1 aromatic carbocycles. The smallest absolute Gasteiger partial charge is 0.230 e. The van der Waals surface area contributed by atoms with E-state index in [9.17, 15) is 9.59 Å². The molecule has 6 nitrogen and oxygen atoms in total. The SMILES string of the molecule is C[C@@H](CCc1ccccc1)NC(=O)CSc1nnc(SCC(N)=O)s1. The van der Waals surface area contributed by atoms with Crippen LogP contribution in [0.5, 0.6) is 0 Å².